The molecule has 1 aliphatic rings. The van der Waals surface area contributed by atoms with Gasteiger partial charge in [0, 0.05) is 11.5 Å². The molecule has 3 heteroatoms. The molecule has 18 heavy (non-hydrogen) atoms. The van der Waals surface area contributed by atoms with E-state index in [0.717, 1.165) is 48.8 Å². The minimum atomic E-state index is 0.474. The molecule has 1 fully saturated rings. The minimum Gasteiger partial charge on any atom is -0.445 e. The van der Waals surface area contributed by atoms with Crippen LogP contribution in [-0.4, -0.2) is 18.1 Å². The molecule has 2 aromatic rings. The molecule has 1 N–H and O–H groups in total. The third-order valence-electron chi connectivity index (χ3n) is 3.55. The molecule has 1 aromatic heterocycles. The molecule has 3 nitrogen and oxygen atoms in total. The molecular weight excluding hydrogens is 224 g/mol. The van der Waals surface area contributed by atoms with Crippen molar-refractivity contribution in [2.75, 3.05) is 13.1 Å². The molecule has 0 spiro atoms. The molecule has 0 unspecified atom stereocenters. The Morgan fingerprint density at radius 1 is 1.17 bits per heavy atom. The molecule has 1 aromatic carbocycles. The summed E-state index contributed by atoms with van der Waals surface area (Å²) in [4.78, 5) is 4.71. The summed E-state index contributed by atoms with van der Waals surface area (Å²) >= 11 is 0. The van der Waals surface area contributed by atoms with Crippen LogP contribution >= 0.6 is 0 Å². The maximum absolute atomic E-state index is 5.87. The van der Waals surface area contributed by atoms with Crippen molar-refractivity contribution in [1.82, 2.24) is 10.3 Å². The fourth-order valence-corrected chi connectivity index (χ4v) is 2.52. The third kappa shape index (κ3) is 2.18. The van der Waals surface area contributed by atoms with Crippen molar-refractivity contribution in [3.05, 3.63) is 42.0 Å². The van der Waals surface area contributed by atoms with Gasteiger partial charge < -0.3 is 9.73 Å². The first-order valence-corrected chi connectivity index (χ1v) is 6.58. The van der Waals surface area contributed by atoms with Crippen LogP contribution in [0.4, 0.5) is 0 Å². The van der Waals surface area contributed by atoms with Gasteiger partial charge in [-0.3, -0.25) is 0 Å². The van der Waals surface area contributed by atoms with Gasteiger partial charge in [0.1, 0.15) is 11.5 Å². The molecule has 0 amide bonds. The second-order valence-electron chi connectivity index (χ2n) is 4.85. The molecule has 0 radical (unpaired) electrons. The van der Waals surface area contributed by atoms with Gasteiger partial charge in [0.05, 0.1) is 0 Å². The maximum Gasteiger partial charge on any atom is 0.198 e. The molecule has 1 aliphatic heterocycles. The van der Waals surface area contributed by atoms with E-state index in [9.17, 15) is 0 Å². The summed E-state index contributed by atoms with van der Waals surface area (Å²) < 4.78 is 5.87. The zero-order valence-electron chi connectivity index (χ0n) is 10.6. The van der Waals surface area contributed by atoms with E-state index in [1.165, 1.54) is 0 Å². The molecule has 2 heterocycles. The van der Waals surface area contributed by atoms with Crippen molar-refractivity contribution < 1.29 is 4.42 Å². The van der Waals surface area contributed by atoms with Crippen molar-refractivity contribution in [1.29, 1.82) is 0 Å². The van der Waals surface area contributed by atoms with Crippen molar-refractivity contribution in [3.8, 4) is 11.3 Å². The van der Waals surface area contributed by atoms with Crippen molar-refractivity contribution >= 4 is 0 Å². The van der Waals surface area contributed by atoms with Crippen LogP contribution in [-0.2, 0) is 0 Å². The normalized spacial score (nSPS) is 16.9. The fraction of sp³-hybridized carbons (Fsp3) is 0.400. The lowest BCUT2D eigenvalue weighted by Crippen LogP contribution is -2.26. The lowest BCUT2D eigenvalue weighted by molar-refractivity contribution is 0.366. The zero-order valence-corrected chi connectivity index (χ0v) is 10.6. The molecule has 3 rings (SSSR count). The van der Waals surface area contributed by atoms with E-state index in [1.54, 1.807) is 0 Å². The average molecular weight is 242 g/mol. The molecule has 0 aliphatic carbocycles. The van der Waals surface area contributed by atoms with Crippen molar-refractivity contribution in [3.63, 3.8) is 0 Å². The van der Waals surface area contributed by atoms with Gasteiger partial charge in [-0.05, 0) is 32.9 Å². The lowest BCUT2D eigenvalue weighted by Gasteiger charge is -2.19. The number of nitrogens with zero attached hydrogens (tertiary/aromatic N) is 1. The first-order valence-electron chi connectivity index (χ1n) is 6.58. The van der Waals surface area contributed by atoms with E-state index in [2.05, 4.69) is 17.4 Å². The first-order chi connectivity index (χ1) is 8.84. The summed E-state index contributed by atoms with van der Waals surface area (Å²) in [5, 5.41) is 3.37. The van der Waals surface area contributed by atoms with Gasteiger partial charge in [0.15, 0.2) is 5.89 Å². The topological polar surface area (TPSA) is 38.1 Å². The van der Waals surface area contributed by atoms with Crippen LogP contribution in [0.1, 0.15) is 30.4 Å². The van der Waals surface area contributed by atoms with Crippen molar-refractivity contribution in [2.24, 2.45) is 0 Å². The van der Waals surface area contributed by atoms with Crippen molar-refractivity contribution in [2.45, 2.75) is 25.7 Å². The number of oxazole rings is 1. The lowest BCUT2D eigenvalue weighted by atomic mass is 9.98. The highest BCUT2D eigenvalue weighted by atomic mass is 16.4. The molecule has 1 saturated heterocycles. The van der Waals surface area contributed by atoms with Gasteiger partial charge in [0.2, 0.25) is 0 Å². The number of benzene rings is 1. The third-order valence-corrected chi connectivity index (χ3v) is 3.55. The van der Waals surface area contributed by atoms with Gasteiger partial charge in [-0.25, -0.2) is 4.98 Å². The number of hydrogen-bond acceptors (Lipinski definition) is 3. The Balaban J connectivity index is 1.91. The fourth-order valence-electron chi connectivity index (χ4n) is 2.52. The number of aryl methyl sites for hydroxylation is 1. The van der Waals surface area contributed by atoms with Gasteiger partial charge in [-0.2, -0.15) is 0 Å². The van der Waals surface area contributed by atoms with Gasteiger partial charge >= 0.3 is 0 Å². The monoisotopic (exact) mass is 242 g/mol. The van der Waals surface area contributed by atoms with E-state index in [4.69, 9.17) is 9.40 Å². The van der Waals surface area contributed by atoms with E-state index < -0.39 is 0 Å². The predicted octanol–water partition coefficient (Wildman–Crippen LogP) is 3.12. The Morgan fingerprint density at radius 3 is 2.61 bits per heavy atom. The van der Waals surface area contributed by atoms with Gasteiger partial charge in [0.25, 0.3) is 0 Å². The van der Waals surface area contributed by atoms with Crippen LogP contribution in [0.5, 0.6) is 0 Å². The summed E-state index contributed by atoms with van der Waals surface area (Å²) in [5.41, 5.74) is 2.13. The minimum absolute atomic E-state index is 0.474. The highest BCUT2D eigenvalue weighted by molar-refractivity contribution is 5.60. The Labute approximate surface area is 107 Å². The molecule has 0 bridgehead atoms. The van der Waals surface area contributed by atoms with Crippen LogP contribution in [0.3, 0.4) is 0 Å². The van der Waals surface area contributed by atoms with E-state index >= 15 is 0 Å². The summed E-state index contributed by atoms with van der Waals surface area (Å²) in [7, 11) is 0. The molecule has 94 valence electrons. The summed E-state index contributed by atoms with van der Waals surface area (Å²) in [6, 6.07) is 10.3. The largest absolute Gasteiger partial charge is 0.445 e. The Morgan fingerprint density at radius 2 is 1.89 bits per heavy atom. The van der Waals surface area contributed by atoms with E-state index in [-0.39, 0.29) is 0 Å². The average Bonchev–Trinajstić information content (AvgIpc) is 2.83. The number of aromatic nitrogens is 1. The molecule has 0 saturated carbocycles. The Hall–Kier alpha value is -1.61. The number of nitrogens with one attached hydrogen (secondary N) is 1. The Kier molecular flexibility index (Phi) is 3.15. The highest BCUT2D eigenvalue weighted by Gasteiger charge is 2.22. The van der Waals surface area contributed by atoms with Crippen LogP contribution in [0.15, 0.2) is 34.7 Å². The van der Waals surface area contributed by atoms with Crippen LogP contribution in [0.25, 0.3) is 11.3 Å². The van der Waals surface area contributed by atoms with Crippen LogP contribution in [0, 0.1) is 6.92 Å². The standard InChI is InChI=1S/C15H18N2O/c1-11-14(12-5-3-2-4-6-12)17-15(18-11)13-7-9-16-10-8-13/h2-6,13,16H,7-10H2,1H3. The van der Waals surface area contributed by atoms with Crippen LogP contribution < -0.4 is 5.32 Å². The van der Waals surface area contributed by atoms with Crippen LogP contribution in [0.2, 0.25) is 0 Å². The zero-order chi connectivity index (χ0) is 12.4. The second-order valence-corrected chi connectivity index (χ2v) is 4.85. The quantitative estimate of drug-likeness (QED) is 0.879. The summed E-state index contributed by atoms with van der Waals surface area (Å²) in [5.74, 6) is 2.31. The number of piperidine rings is 1. The SMILES string of the molecule is Cc1oc(C2CCNCC2)nc1-c1ccccc1. The maximum atomic E-state index is 5.87. The molecular formula is C15H18N2O. The van der Waals surface area contributed by atoms with E-state index in [0.29, 0.717) is 5.92 Å². The molecule has 0 atom stereocenters. The first kappa shape index (κ1) is 11.5. The van der Waals surface area contributed by atoms with Gasteiger partial charge in [-0.15, -0.1) is 0 Å². The smallest absolute Gasteiger partial charge is 0.198 e. The number of rotatable bonds is 2. The number of hydrogen-bond donors (Lipinski definition) is 1. The second kappa shape index (κ2) is 4.94. The van der Waals surface area contributed by atoms with Gasteiger partial charge in [-0.1, -0.05) is 30.3 Å². The predicted molar refractivity (Wildman–Crippen MR) is 71.5 cm³/mol. The summed E-state index contributed by atoms with van der Waals surface area (Å²) in [6.45, 7) is 4.12. The summed E-state index contributed by atoms with van der Waals surface area (Å²) in [6.07, 6.45) is 2.24. The highest BCUT2D eigenvalue weighted by Crippen LogP contribution is 2.30. The van der Waals surface area contributed by atoms with E-state index in [1.807, 2.05) is 25.1 Å². The Bertz CT molecular complexity index is 513.